The first kappa shape index (κ1) is 75.6. The first-order chi connectivity index (χ1) is 38.0. The molecule has 0 aliphatic carbocycles. The molecule has 0 radical (unpaired) electrons. The molecule has 0 aromatic rings. The maximum atomic E-state index is 12.6. The first-order valence-electron chi connectivity index (χ1n) is 35.4. The van der Waals surface area contributed by atoms with Crippen molar-refractivity contribution in [1.82, 2.24) is 5.32 Å². The van der Waals surface area contributed by atoms with Gasteiger partial charge in [0.15, 0.2) is 0 Å². The van der Waals surface area contributed by atoms with E-state index in [-0.39, 0.29) is 18.5 Å². The number of hydrogen-bond donors (Lipinski definition) is 3. The highest BCUT2D eigenvalue weighted by Crippen LogP contribution is 2.19. The minimum absolute atomic E-state index is 0.00666. The van der Waals surface area contributed by atoms with E-state index in [4.69, 9.17) is 4.74 Å². The van der Waals surface area contributed by atoms with Crippen LogP contribution in [0.25, 0.3) is 0 Å². The summed E-state index contributed by atoms with van der Waals surface area (Å²) in [5.41, 5.74) is 0. The number of ether oxygens (including phenoxy) is 1. The molecule has 0 rings (SSSR count). The summed E-state index contributed by atoms with van der Waals surface area (Å²) in [5, 5.41) is 23.4. The van der Waals surface area contributed by atoms with Crippen LogP contribution in [-0.2, 0) is 14.3 Å². The minimum atomic E-state index is -0.665. The van der Waals surface area contributed by atoms with E-state index in [1.807, 2.05) is 0 Å². The molecule has 0 heterocycles. The smallest absolute Gasteiger partial charge is 0.305 e. The Labute approximate surface area is 482 Å². The number of allylic oxidation sites excluding steroid dienone is 2. The summed E-state index contributed by atoms with van der Waals surface area (Å²) < 4.78 is 5.49. The molecule has 2 atom stereocenters. The van der Waals surface area contributed by atoms with Gasteiger partial charge in [0.05, 0.1) is 25.4 Å². The van der Waals surface area contributed by atoms with Crippen molar-refractivity contribution in [3.05, 3.63) is 12.2 Å². The van der Waals surface area contributed by atoms with Crippen molar-refractivity contribution in [3.8, 4) is 0 Å². The number of aliphatic hydroxyl groups excluding tert-OH is 2. The molecule has 0 saturated heterocycles. The summed E-state index contributed by atoms with van der Waals surface area (Å²) in [4.78, 5) is 24.6. The molecule has 3 N–H and O–H groups in total. The molecule has 0 fully saturated rings. The molecule has 458 valence electrons. The zero-order chi connectivity index (χ0) is 55.7. The molecule has 77 heavy (non-hydrogen) atoms. The van der Waals surface area contributed by atoms with Crippen LogP contribution in [0.2, 0.25) is 0 Å². The number of carbonyl (C=O) groups is 2. The van der Waals surface area contributed by atoms with Crippen LogP contribution in [0.1, 0.15) is 406 Å². The van der Waals surface area contributed by atoms with Crippen molar-refractivity contribution in [1.29, 1.82) is 0 Å². The Balaban J connectivity index is 3.38. The number of hydrogen-bond acceptors (Lipinski definition) is 5. The second kappa shape index (κ2) is 67.1. The van der Waals surface area contributed by atoms with Crippen molar-refractivity contribution in [2.45, 2.75) is 418 Å². The zero-order valence-corrected chi connectivity index (χ0v) is 52.5. The Hall–Kier alpha value is -1.40. The fourth-order valence-corrected chi connectivity index (χ4v) is 11.4. The van der Waals surface area contributed by atoms with Gasteiger partial charge in [0.25, 0.3) is 0 Å². The average Bonchev–Trinajstić information content (AvgIpc) is 3.43. The van der Waals surface area contributed by atoms with Crippen molar-refractivity contribution < 1.29 is 24.5 Å². The van der Waals surface area contributed by atoms with Gasteiger partial charge in [-0.05, 0) is 51.4 Å². The molecule has 0 saturated carbocycles. The van der Waals surface area contributed by atoms with E-state index in [1.165, 1.54) is 327 Å². The van der Waals surface area contributed by atoms with Crippen LogP contribution in [0, 0.1) is 0 Å². The summed E-state index contributed by atoms with van der Waals surface area (Å²) in [5.74, 6) is -0.0234. The van der Waals surface area contributed by atoms with Gasteiger partial charge >= 0.3 is 5.97 Å². The Morgan fingerprint density at radius 1 is 0.351 bits per heavy atom. The third-order valence-corrected chi connectivity index (χ3v) is 16.8. The van der Waals surface area contributed by atoms with Crippen LogP contribution in [0.3, 0.4) is 0 Å². The molecule has 0 aliphatic rings. The Morgan fingerprint density at radius 2 is 0.610 bits per heavy atom. The predicted molar refractivity (Wildman–Crippen MR) is 338 cm³/mol. The summed E-state index contributed by atoms with van der Waals surface area (Å²) in [6.07, 6.45) is 82.5. The van der Waals surface area contributed by atoms with Gasteiger partial charge in [-0.3, -0.25) is 9.59 Å². The highest BCUT2D eigenvalue weighted by Gasteiger charge is 2.20. The molecule has 2 unspecified atom stereocenters. The van der Waals surface area contributed by atoms with E-state index in [9.17, 15) is 19.8 Å². The van der Waals surface area contributed by atoms with E-state index in [1.54, 1.807) is 0 Å². The second-order valence-electron chi connectivity index (χ2n) is 24.6. The van der Waals surface area contributed by atoms with Crippen molar-refractivity contribution in [3.63, 3.8) is 0 Å². The quantitative estimate of drug-likeness (QED) is 0.0320. The maximum absolute atomic E-state index is 12.6. The van der Waals surface area contributed by atoms with E-state index in [2.05, 4.69) is 31.3 Å². The SMILES string of the molecule is CCCCCCCC/C=C\CCCCCCCC(=O)OCCCCCCCCCCCCCCCCCCCCCCCCC(=O)NC(CO)C(O)CCCCCCCCCCCCCCCCCCCCCCCCC. The van der Waals surface area contributed by atoms with Crippen LogP contribution < -0.4 is 5.32 Å². The highest BCUT2D eigenvalue weighted by molar-refractivity contribution is 5.76. The molecule has 6 nitrogen and oxygen atoms in total. The number of esters is 1. The number of aliphatic hydroxyl groups is 2. The van der Waals surface area contributed by atoms with Crippen LogP contribution >= 0.6 is 0 Å². The lowest BCUT2D eigenvalue weighted by atomic mass is 10.0. The van der Waals surface area contributed by atoms with E-state index < -0.39 is 12.1 Å². The minimum Gasteiger partial charge on any atom is -0.466 e. The Kier molecular flexibility index (Phi) is 65.9. The number of nitrogens with one attached hydrogen (secondary N) is 1. The average molecular weight is 1090 g/mol. The van der Waals surface area contributed by atoms with Gasteiger partial charge in [-0.1, -0.05) is 353 Å². The van der Waals surface area contributed by atoms with Gasteiger partial charge in [-0.15, -0.1) is 0 Å². The molecule has 1 amide bonds. The largest absolute Gasteiger partial charge is 0.466 e. The normalized spacial score (nSPS) is 12.5. The monoisotopic (exact) mass is 1090 g/mol. The Bertz CT molecular complexity index is 1160. The van der Waals surface area contributed by atoms with Crippen LogP contribution in [-0.4, -0.2) is 47.4 Å². The molecular formula is C71H139NO5. The maximum Gasteiger partial charge on any atom is 0.305 e. The van der Waals surface area contributed by atoms with Gasteiger partial charge in [0, 0.05) is 12.8 Å². The fourth-order valence-electron chi connectivity index (χ4n) is 11.4. The molecule has 0 bridgehead atoms. The molecule has 0 aliphatic heterocycles. The van der Waals surface area contributed by atoms with Crippen molar-refractivity contribution in [2.75, 3.05) is 13.2 Å². The summed E-state index contributed by atoms with van der Waals surface area (Å²) in [6.45, 7) is 4.99. The van der Waals surface area contributed by atoms with Crippen molar-refractivity contribution >= 4 is 11.9 Å². The third-order valence-electron chi connectivity index (χ3n) is 16.8. The standard InChI is InChI=1S/C71H139NO5/c1-3-5-7-9-11-13-15-17-19-20-21-22-23-26-29-32-36-39-43-47-51-55-59-63-69(74)68(67-73)72-70(75)64-60-56-52-48-44-40-37-33-30-27-24-25-28-31-34-38-42-46-50-54-58-62-66-77-71(76)65-61-57-53-49-45-41-35-18-16-14-12-10-8-6-4-2/h18,35,68-69,73-74H,3-17,19-34,36-67H2,1-2H3,(H,72,75)/b35-18-. The topological polar surface area (TPSA) is 95.9 Å². The van der Waals surface area contributed by atoms with Gasteiger partial charge in [0.2, 0.25) is 5.91 Å². The number of unbranched alkanes of at least 4 members (excludes halogenated alkanes) is 54. The Morgan fingerprint density at radius 3 is 0.922 bits per heavy atom. The van der Waals surface area contributed by atoms with Crippen molar-refractivity contribution in [2.24, 2.45) is 0 Å². The summed E-state index contributed by atoms with van der Waals surface area (Å²) >= 11 is 0. The lowest BCUT2D eigenvalue weighted by Gasteiger charge is -2.22. The first-order valence-corrected chi connectivity index (χ1v) is 35.4. The molecular weight excluding hydrogens is 947 g/mol. The number of rotatable bonds is 67. The van der Waals surface area contributed by atoms with Crippen LogP contribution in [0.4, 0.5) is 0 Å². The van der Waals surface area contributed by atoms with E-state index >= 15 is 0 Å². The molecule has 6 heteroatoms. The molecule has 0 aromatic heterocycles. The van der Waals surface area contributed by atoms with Gasteiger partial charge in [-0.25, -0.2) is 0 Å². The van der Waals surface area contributed by atoms with E-state index in [0.717, 1.165) is 44.9 Å². The summed E-state index contributed by atoms with van der Waals surface area (Å²) in [7, 11) is 0. The van der Waals surface area contributed by atoms with Gasteiger partial charge < -0.3 is 20.3 Å². The predicted octanol–water partition coefficient (Wildman–Crippen LogP) is 22.8. The number of carbonyl (C=O) groups excluding carboxylic acids is 2. The van der Waals surface area contributed by atoms with Crippen LogP contribution in [0.5, 0.6) is 0 Å². The molecule has 0 aromatic carbocycles. The third kappa shape index (κ3) is 63.6. The lowest BCUT2D eigenvalue weighted by Crippen LogP contribution is -2.45. The fraction of sp³-hybridized carbons (Fsp3) is 0.944. The number of amides is 1. The highest BCUT2D eigenvalue weighted by atomic mass is 16.5. The van der Waals surface area contributed by atoms with Gasteiger partial charge in [-0.2, -0.15) is 0 Å². The molecule has 0 spiro atoms. The van der Waals surface area contributed by atoms with Crippen LogP contribution in [0.15, 0.2) is 12.2 Å². The van der Waals surface area contributed by atoms with Gasteiger partial charge in [0.1, 0.15) is 0 Å². The lowest BCUT2D eigenvalue weighted by molar-refractivity contribution is -0.143. The second-order valence-corrected chi connectivity index (χ2v) is 24.6. The summed E-state index contributed by atoms with van der Waals surface area (Å²) in [6, 6.07) is -0.542. The zero-order valence-electron chi connectivity index (χ0n) is 52.5. The van der Waals surface area contributed by atoms with E-state index in [0.29, 0.717) is 25.9 Å².